The van der Waals surface area contributed by atoms with Gasteiger partial charge in [0.2, 0.25) is 0 Å². The maximum Gasteiger partial charge on any atom is 0.0484 e. The summed E-state index contributed by atoms with van der Waals surface area (Å²) in [6, 6.07) is 0. The van der Waals surface area contributed by atoms with Gasteiger partial charge < -0.3 is 13.7 Å². The third-order valence-corrected chi connectivity index (χ3v) is 3.23. The molecule has 0 aromatic carbocycles. The molecule has 3 unspecified atom stereocenters. The number of rotatable bonds is 4. The molecule has 8 nitrogen and oxygen atoms in total. The van der Waals surface area contributed by atoms with Crippen molar-refractivity contribution in [2.45, 2.75) is 0 Å². The summed E-state index contributed by atoms with van der Waals surface area (Å²) in [7, 11) is 0.759. The first-order valence-electron chi connectivity index (χ1n) is 2.19. The molecular weight excluding hydrogens is 232 g/mol. The molecule has 0 fully saturated rings. The maximum atomic E-state index is 10.1. The molecule has 0 aliphatic carbocycles. The smallest absolute Gasteiger partial charge is 0.0484 e. The van der Waals surface area contributed by atoms with E-state index in [-0.39, 0.29) is 8.23 Å². The third-order valence-electron chi connectivity index (χ3n) is 0.701. The van der Waals surface area contributed by atoms with Crippen LogP contribution in [0.5, 0.6) is 0 Å². The van der Waals surface area contributed by atoms with Crippen LogP contribution >= 0.6 is 0 Å². The van der Waals surface area contributed by atoms with Gasteiger partial charge in [-0.05, 0) is 0 Å². The van der Waals surface area contributed by atoms with Crippen LogP contribution < -0.4 is 0 Å². The van der Waals surface area contributed by atoms with E-state index in [1.807, 2.05) is 0 Å². The van der Waals surface area contributed by atoms with Crippen LogP contribution in [0.4, 0.5) is 0 Å². The van der Waals surface area contributed by atoms with Gasteiger partial charge in [-0.2, -0.15) is 4.41 Å². The van der Waals surface area contributed by atoms with E-state index in [9.17, 15) is 26.3 Å². The maximum absolute atomic E-state index is 10.1. The average molecular weight is 235 g/mol. The van der Waals surface area contributed by atoms with E-state index in [0.29, 0.717) is 0 Å². The molecule has 0 aliphatic heterocycles. The molecule has 0 radical (unpaired) electrons. The van der Waals surface area contributed by atoms with Crippen molar-refractivity contribution in [2.24, 2.45) is 0 Å². The number of hydrazine groups is 1. The van der Waals surface area contributed by atoms with Gasteiger partial charge in [0.1, 0.15) is 0 Å². The summed E-state index contributed by atoms with van der Waals surface area (Å²) in [4.78, 5) is 0. The second kappa shape index (κ2) is 5.08. The standard InChI is InChI=1S/CH6N2O6S3/c1-2(10(4)5)3(11(6)7)12(8)9/h1H3,(H,4,5)(H,6,7)(H,8,9)/p-3. The van der Waals surface area contributed by atoms with Crippen LogP contribution in [0.25, 0.3) is 0 Å². The van der Waals surface area contributed by atoms with Crippen molar-refractivity contribution < 1.29 is 26.3 Å². The van der Waals surface area contributed by atoms with Gasteiger partial charge in [-0.15, -0.1) is 0 Å². The van der Waals surface area contributed by atoms with E-state index < -0.39 is 33.8 Å². The van der Waals surface area contributed by atoms with Crippen molar-refractivity contribution in [1.29, 1.82) is 0 Å². The molecule has 0 amide bonds. The Kier molecular flexibility index (Phi) is 5.19. The van der Waals surface area contributed by atoms with Crippen LogP contribution in [-0.4, -0.2) is 41.6 Å². The second-order valence-corrected chi connectivity index (χ2v) is 4.11. The molecule has 0 saturated heterocycles. The highest BCUT2D eigenvalue weighted by atomic mass is 32.3. The molecule has 0 aromatic heterocycles. The molecule has 0 saturated carbocycles. The number of hydrogen-bond acceptors (Lipinski definition) is 6. The first kappa shape index (κ1) is 12.2. The Labute approximate surface area is 75.8 Å². The monoisotopic (exact) mass is 235 g/mol. The van der Waals surface area contributed by atoms with Crippen LogP contribution in [-0.2, 0) is 33.8 Å². The van der Waals surface area contributed by atoms with Gasteiger partial charge >= 0.3 is 0 Å². The minimum atomic E-state index is -3.18. The van der Waals surface area contributed by atoms with E-state index in [1.54, 1.807) is 0 Å². The fourth-order valence-electron chi connectivity index (χ4n) is 0.292. The zero-order chi connectivity index (χ0) is 9.89. The normalized spacial score (nSPS) is 19.5. The molecule has 0 aliphatic rings. The summed E-state index contributed by atoms with van der Waals surface area (Å²) < 4.78 is 60.2. The van der Waals surface area contributed by atoms with E-state index in [4.69, 9.17) is 0 Å². The van der Waals surface area contributed by atoms with Crippen molar-refractivity contribution >= 4 is 33.8 Å². The predicted octanol–water partition coefficient (Wildman–Crippen LogP) is -2.48. The topological polar surface area (TPSA) is 127 Å². The molecule has 0 N–H and O–H groups in total. The minimum absolute atomic E-state index is 0.00617. The average Bonchev–Trinajstić information content (AvgIpc) is 1.85. The summed E-state index contributed by atoms with van der Waals surface area (Å²) in [6.45, 7) is 0. The third kappa shape index (κ3) is 3.32. The summed E-state index contributed by atoms with van der Waals surface area (Å²) in [5, 5.41) is 0. The quantitative estimate of drug-likeness (QED) is 0.392. The van der Waals surface area contributed by atoms with Crippen LogP contribution in [0, 0.1) is 0 Å². The lowest BCUT2D eigenvalue weighted by Gasteiger charge is -2.33. The van der Waals surface area contributed by atoms with E-state index in [2.05, 4.69) is 0 Å². The Morgan fingerprint density at radius 1 is 0.917 bits per heavy atom. The number of hydrogen-bond donors (Lipinski definition) is 0. The Balaban J connectivity index is 4.63. The summed E-state index contributed by atoms with van der Waals surface area (Å²) in [6.07, 6.45) is 0. The van der Waals surface area contributed by atoms with Crippen molar-refractivity contribution in [3.05, 3.63) is 0 Å². The van der Waals surface area contributed by atoms with Crippen molar-refractivity contribution in [3.63, 3.8) is 0 Å². The van der Waals surface area contributed by atoms with E-state index in [0.717, 1.165) is 7.05 Å². The Bertz CT molecular complexity index is 215. The van der Waals surface area contributed by atoms with Gasteiger partial charge in [0.05, 0.1) is 0 Å². The highest BCUT2D eigenvalue weighted by molar-refractivity contribution is 7.93. The lowest BCUT2D eigenvalue weighted by molar-refractivity contribution is 0.272. The lowest BCUT2D eigenvalue weighted by atomic mass is 11.5. The highest BCUT2D eigenvalue weighted by Crippen LogP contribution is 2.02. The molecule has 0 heterocycles. The molecule has 74 valence electrons. The molecule has 0 spiro atoms. The lowest BCUT2D eigenvalue weighted by Crippen LogP contribution is -2.42. The van der Waals surface area contributed by atoms with Crippen LogP contribution in [0.2, 0.25) is 0 Å². The van der Waals surface area contributed by atoms with Crippen molar-refractivity contribution in [2.75, 3.05) is 7.05 Å². The van der Waals surface area contributed by atoms with Gasteiger partial charge in [-0.1, -0.05) is 3.82 Å². The van der Waals surface area contributed by atoms with Crippen LogP contribution in [0.1, 0.15) is 0 Å². The fraction of sp³-hybridized carbons (Fsp3) is 1.00. The highest BCUT2D eigenvalue weighted by Gasteiger charge is 2.12. The van der Waals surface area contributed by atoms with Crippen molar-refractivity contribution in [1.82, 2.24) is 8.23 Å². The Hall–Kier alpha value is 0.250. The first-order chi connectivity index (χ1) is 5.37. The zero-order valence-electron chi connectivity index (χ0n) is 5.57. The Morgan fingerprint density at radius 3 is 1.33 bits per heavy atom. The van der Waals surface area contributed by atoms with Crippen LogP contribution in [0.15, 0.2) is 0 Å². The molecule has 0 bridgehead atoms. The van der Waals surface area contributed by atoms with Gasteiger partial charge in [-0.3, -0.25) is 12.6 Å². The molecule has 12 heavy (non-hydrogen) atoms. The largest absolute Gasteiger partial charge is 0.759 e. The summed E-state index contributed by atoms with van der Waals surface area (Å²) in [5.74, 6) is 0. The van der Waals surface area contributed by atoms with Gasteiger partial charge in [0.25, 0.3) is 0 Å². The van der Waals surface area contributed by atoms with Crippen LogP contribution in [0.3, 0.4) is 0 Å². The van der Waals surface area contributed by atoms with E-state index in [1.165, 1.54) is 0 Å². The minimum Gasteiger partial charge on any atom is -0.759 e. The molecular formula is CH3N2O6S3-3. The summed E-state index contributed by atoms with van der Waals surface area (Å²) >= 11 is -9.32. The first-order valence-corrected chi connectivity index (χ1v) is 5.29. The van der Waals surface area contributed by atoms with Gasteiger partial charge in [0.15, 0.2) is 0 Å². The predicted molar refractivity (Wildman–Crippen MR) is 36.4 cm³/mol. The molecule has 3 atom stereocenters. The zero-order valence-corrected chi connectivity index (χ0v) is 8.02. The van der Waals surface area contributed by atoms with Crippen molar-refractivity contribution in [3.8, 4) is 0 Å². The SMILES string of the molecule is CN(N(S(=O)[O-])S(=O)[O-])S(=O)[O-]. The van der Waals surface area contributed by atoms with Gasteiger partial charge in [-0.25, -0.2) is 0 Å². The van der Waals surface area contributed by atoms with Gasteiger partial charge in [0, 0.05) is 40.8 Å². The summed E-state index contributed by atoms with van der Waals surface area (Å²) in [5.41, 5.74) is 0. The molecule has 0 rings (SSSR count). The number of nitrogens with zero attached hydrogens (tertiary/aromatic N) is 2. The Morgan fingerprint density at radius 2 is 1.25 bits per heavy atom. The molecule has 0 aromatic rings. The fourth-order valence-corrected chi connectivity index (χ4v) is 1.83. The van der Waals surface area contributed by atoms with E-state index >= 15 is 0 Å². The second-order valence-electron chi connectivity index (χ2n) is 1.35. The molecule has 11 heteroatoms.